The number of rotatable bonds is 12. The molecule has 0 spiro atoms. The number of aromatic nitrogens is 1. The van der Waals surface area contributed by atoms with E-state index in [1.165, 1.54) is 12.8 Å². The number of nitrogens with zero attached hydrogens (tertiary/aromatic N) is 2. The van der Waals surface area contributed by atoms with Crippen molar-refractivity contribution < 1.29 is 14.2 Å². The maximum Gasteiger partial charge on any atom is 0.253 e. The van der Waals surface area contributed by atoms with Gasteiger partial charge in [-0.25, -0.2) is 0 Å². The molecule has 204 valence electrons. The van der Waals surface area contributed by atoms with E-state index in [1.54, 1.807) is 14.2 Å². The zero-order valence-corrected chi connectivity index (χ0v) is 23.4. The smallest absolute Gasteiger partial charge is 0.253 e. The first-order chi connectivity index (χ1) is 18.5. The van der Waals surface area contributed by atoms with Gasteiger partial charge in [-0.05, 0) is 93.5 Å². The lowest BCUT2D eigenvalue weighted by Gasteiger charge is -2.28. The normalized spacial score (nSPS) is 13.4. The molecule has 2 aromatic carbocycles. The molecule has 9 heteroatoms. The lowest BCUT2D eigenvalue weighted by Crippen LogP contribution is -2.44. The predicted octanol–water partition coefficient (Wildman–Crippen LogP) is 3.96. The van der Waals surface area contributed by atoms with E-state index in [9.17, 15) is 4.79 Å². The van der Waals surface area contributed by atoms with Crippen LogP contribution in [0.25, 0.3) is 10.9 Å². The Labute approximate surface area is 229 Å². The second-order valence-electron chi connectivity index (χ2n) is 9.45. The Kier molecular flexibility index (Phi) is 9.84. The lowest BCUT2D eigenvalue weighted by molar-refractivity contribution is 0.285. The van der Waals surface area contributed by atoms with Crippen molar-refractivity contribution >= 4 is 28.2 Å². The number of benzene rings is 2. The van der Waals surface area contributed by atoms with Crippen LogP contribution in [0.15, 0.2) is 47.3 Å². The van der Waals surface area contributed by atoms with Gasteiger partial charge in [0.05, 0.1) is 27.4 Å². The molecule has 0 atom stereocenters. The molecule has 2 heterocycles. The van der Waals surface area contributed by atoms with Gasteiger partial charge in [0.15, 0.2) is 16.6 Å². The first kappa shape index (κ1) is 27.7. The molecule has 3 aromatic rings. The van der Waals surface area contributed by atoms with Crippen LogP contribution >= 0.6 is 12.2 Å². The van der Waals surface area contributed by atoms with Crippen LogP contribution in [0, 0.1) is 0 Å². The summed E-state index contributed by atoms with van der Waals surface area (Å²) in [6, 6.07) is 13.6. The number of H-pyrrole nitrogens is 1. The summed E-state index contributed by atoms with van der Waals surface area (Å²) in [6.07, 6.45) is 3.25. The third-order valence-electron chi connectivity index (χ3n) is 6.87. The van der Waals surface area contributed by atoms with Crippen molar-refractivity contribution in [3.05, 3.63) is 63.9 Å². The molecule has 0 aliphatic carbocycles. The molecule has 1 aliphatic rings. The molecule has 0 unspecified atom stereocenters. The fourth-order valence-electron chi connectivity index (χ4n) is 4.79. The monoisotopic (exact) mass is 538 g/mol. The standard InChI is InChI=1S/C29H38N4O4S/c1-4-37-24-8-9-25-22(19-24)18-23(28(34)31-25)20-33(16-15-32-13-5-6-14-32)29(38)30-12-11-21-7-10-26(35-2)27(17-21)36-3/h7-10,17-19H,4-6,11-16,20H2,1-3H3,(H,30,38)(H,31,34). The highest BCUT2D eigenvalue weighted by Crippen LogP contribution is 2.27. The van der Waals surface area contributed by atoms with Crippen LogP contribution in [-0.2, 0) is 13.0 Å². The first-order valence-corrected chi connectivity index (χ1v) is 13.7. The van der Waals surface area contributed by atoms with E-state index >= 15 is 0 Å². The molecule has 38 heavy (non-hydrogen) atoms. The molecule has 0 bridgehead atoms. The minimum atomic E-state index is -0.0963. The Morgan fingerprint density at radius 1 is 1.08 bits per heavy atom. The quantitative estimate of drug-likeness (QED) is 0.336. The summed E-state index contributed by atoms with van der Waals surface area (Å²) in [6.45, 7) is 7.54. The van der Waals surface area contributed by atoms with Crippen LogP contribution < -0.4 is 25.1 Å². The number of hydrogen-bond acceptors (Lipinski definition) is 6. The summed E-state index contributed by atoms with van der Waals surface area (Å²) >= 11 is 5.83. The number of ether oxygens (including phenoxy) is 3. The number of fused-ring (bicyclic) bond motifs is 1. The highest BCUT2D eigenvalue weighted by molar-refractivity contribution is 7.80. The van der Waals surface area contributed by atoms with E-state index < -0.39 is 0 Å². The topological polar surface area (TPSA) is 79.1 Å². The fraction of sp³-hybridized carbons (Fsp3) is 0.448. The van der Waals surface area contributed by atoms with E-state index in [-0.39, 0.29) is 5.56 Å². The number of nitrogens with one attached hydrogen (secondary N) is 2. The molecule has 1 aromatic heterocycles. The minimum absolute atomic E-state index is 0.0963. The van der Waals surface area contributed by atoms with Crippen molar-refractivity contribution in [2.45, 2.75) is 32.7 Å². The molecular weight excluding hydrogens is 500 g/mol. The Hall–Kier alpha value is -3.30. The molecule has 0 saturated carbocycles. The number of hydrogen-bond donors (Lipinski definition) is 2. The average Bonchev–Trinajstić information content (AvgIpc) is 3.45. The molecule has 4 rings (SSSR count). The van der Waals surface area contributed by atoms with Crippen molar-refractivity contribution in [2.75, 3.05) is 53.6 Å². The third-order valence-corrected chi connectivity index (χ3v) is 7.28. The number of thiocarbonyl (C=S) groups is 1. The molecule has 8 nitrogen and oxygen atoms in total. The molecule has 0 amide bonds. The molecule has 0 radical (unpaired) electrons. The SMILES string of the molecule is CCOc1ccc2[nH]c(=O)c(CN(CCN3CCCC3)C(=S)NCCc3ccc(OC)c(OC)c3)cc2c1. The summed E-state index contributed by atoms with van der Waals surface area (Å²) in [5.74, 6) is 2.21. The van der Waals surface area contributed by atoms with Gasteiger partial charge in [0, 0.05) is 36.1 Å². The van der Waals surface area contributed by atoms with Crippen LogP contribution in [0.4, 0.5) is 0 Å². The second-order valence-corrected chi connectivity index (χ2v) is 9.83. The lowest BCUT2D eigenvalue weighted by atomic mass is 10.1. The zero-order chi connectivity index (χ0) is 26.9. The van der Waals surface area contributed by atoms with Gasteiger partial charge in [-0.3, -0.25) is 4.79 Å². The van der Waals surface area contributed by atoms with Crippen LogP contribution in [0.3, 0.4) is 0 Å². The number of pyridine rings is 1. The number of methoxy groups -OCH3 is 2. The minimum Gasteiger partial charge on any atom is -0.494 e. The van der Waals surface area contributed by atoms with Crippen LogP contribution in [-0.4, -0.2) is 73.4 Å². The predicted molar refractivity (Wildman–Crippen MR) is 156 cm³/mol. The van der Waals surface area contributed by atoms with Crippen LogP contribution in [0.5, 0.6) is 17.2 Å². The van der Waals surface area contributed by atoms with Gasteiger partial charge in [-0.15, -0.1) is 0 Å². The van der Waals surface area contributed by atoms with E-state index in [1.807, 2.05) is 49.4 Å². The van der Waals surface area contributed by atoms with E-state index in [4.69, 9.17) is 26.4 Å². The van der Waals surface area contributed by atoms with Gasteiger partial charge >= 0.3 is 0 Å². The Bertz CT molecular complexity index is 1290. The van der Waals surface area contributed by atoms with Gasteiger partial charge in [-0.2, -0.15) is 0 Å². The third kappa shape index (κ3) is 7.17. The molecule has 1 aliphatic heterocycles. The summed E-state index contributed by atoms with van der Waals surface area (Å²) in [7, 11) is 3.27. The Balaban J connectivity index is 1.46. The first-order valence-electron chi connectivity index (χ1n) is 13.3. The van der Waals surface area contributed by atoms with Crippen LogP contribution in [0.2, 0.25) is 0 Å². The van der Waals surface area contributed by atoms with E-state index in [0.717, 1.165) is 54.8 Å². The van der Waals surface area contributed by atoms with E-state index in [2.05, 4.69) is 20.1 Å². The van der Waals surface area contributed by atoms with Gasteiger partial charge in [0.25, 0.3) is 5.56 Å². The maximum absolute atomic E-state index is 13.0. The molecule has 1 fully saturated rings. The maximum atomic E-state index is 13.0. The van der Waals surface area contributed by atoms with Gasteiger partial charge < -0.3 is 34.3 Å². The number of likely N-dealkylation sites (tertiary alicyclic amines) is 1. The van der Waals surface area contributed by atoms with Gasteiger partial charge in [0.1, 0.15) is 5.75 Å². The summed E-state index contributed by atoms with van der Waals surface area (Å²) in [4.78, 5) is 20.5. The highest BCUT2D eigenvalue weighted by Gasteiger charge is 2.17. The van der Waals surface area contributed by atoms with Crippen molar-refractivity contribution in [3.8, 4) is 17.2 Å². The van der Waals surface area contributed by atoms with Gasteiger partial charge in [0.2, 0.25) is 0 Å². The Morgan fingerprint density at radius 3 is 2.61 bits per heavy atom. The summed E-state index contributed by atoms with van der Waals surface area (Å²) in [5, 5.41) is 5.00. The van der Waals surface area contributed by atoms with Crippen LogP contribution in [0.1, 0.15) is 30.9 Å². The van der Waals surface area contributed by atoms with Gasteiger partial charge in [-0.1, -0.05) is 6.07 Å². The summed E-state index contributed by atoms with van der Waals surface area (Å²) < 4.78 is 16.4. The molecule has 1 saturated heterocycles. The van der Waals surface area contributed by atoms with Crippen molar-refractivity contribution in [1.29, 1.82) is 0 Å². The van der Waals surface area contributed by atoms with E-state index in [0.29, 0.717) is 41.9 Å². The zero-order valence-electron chi connectivity index (χ0n) is 22.5. The summed E-state index contributed by atoms with van der Waals surface area (Å²) in [5.41, 5.74) is 2.50. The fourth-order valence-corrected chi connectivity index (χ4v) is 5.05. The van der Waals surface area contributed by atoms with Crippen molar-refractivity contribution in [2.24, 2.45) is 0 Å². The Morgan fingerprint density at radius 2 is 1.87 bits per heavy atom. The second kappa shape index (κ2) is 13.5. The molecular formula is C29H38N4O4S. The molecule has 2 N–H and O–H groups in total. The van der Waals surface area contributed by atoms with Crippen molar-refractivity contribution in [1.82, 2.24) is 20.1 Å². The largest absolute Gasteiger partial charge is 0.494 e. The number of aromatic amines is 1. The highest BCUT2D eigenvalue weighted by atomic mass is 32.1. The average molecular weight is 539 g/mol. The van der Waals surface area contributed by atoms with Crippen molar-refractivity contribution in [3.63, 3.8) is 0 Å².